The molecule has 3 N–H and O–H groups in total. The summed E-state index contributed by atoms with van der Waals surface area (Å²) in [7, 11) is 1.90. The zero-order valence-electron chi connectivity index (χ0n) is 9.73. The molecule has 86 valence electrons. The number of aromatic nitrogens is 4. The van der Waals surface area contributed by atoms with E-state index in [4.69, 9.17) is 5.73 Å². The van der Waals surface area contributed by atoms with Crippen LogP contribution in [0.3, 0.4) is 0 Å². The fourth-order valence-corrected chi connectivity index (χ4v) is 1.99. The molecular formula is C12H13N5. The van der Waals surface area contributed by atoms with Crippen molar-refractivity contribution in [2.45, 2.75) is 6.92 Å². The highest BCUT2D eigenvalue weighted by atomic mass is 15.3. The fourth-order valence-electron chi connectivity index (χ4n) is 1.99. The van der Waals surface area contributed by atoms with Crippen LogP contribution in [-0.4, -0.2) is 19.7 Å². The molecule has 5 heteroatoms. The second-order valence-corrected chi connectivity index (χ2v) is 4.16. The van der Waals surface area contributed by atoms with Crippen LogP contribution in [0.4, 0.5) is 5.69 Å². The lowest BCUT2D eigenvalue weighted by molar-refractivity contribution is 0.756. The molecule has 0 saturated heterocycles. The van der Waals surface area contributed by atoms with E-state index in [2.05, 4.69) is 15.1 Å². The van der Waals surface area contributed by atoms with Crippen LogP contribution < -0.4 is 5.73 Å². The average Bonchev–Trinajstić information content (AvgIpc) is 2.80. The van der Waals surface area contributed by atoms with Crippen molar-refractivity contribution in [3.05, 3.63) is 30.1 Å². The van der Waals surface area contributed by atoms with E-state index in [1.807, 2.05) is 38.4 Å². The Kier molecular flexibility index (Phi) is 1.95. The molecule has 2 aromatic heterocycles. The zero-order chi connectivity index (χ0) is 12.0. The van der Waals surface area contributed by atoms with E-state index in [-0.39, 0.29) is 0 Å². The van der Waals surface area contributed by atoms with Crippen LogP contribution in [0.1, 0.15) is 5.69 Å². The number of H-pyrrole nitrogens is 1. The quantitative estimate of drug-likeness (QED) is 0.623. The van der Waals surface area contributed by atoms with E-state index in [0.29, 0.717) is 0 Å². The van der Waals surface area contributed by atoms with Gasteiger partial charge in [0.25, 0.3) is 0 Å². The Hall–Kier alpha value is -2.30. The average molecular weight is 227 g/mol. The van der Waals surface area contributed by atoms with Crippen molar-refractivity contribution < 1.29 is 0 Å². The minimum absolute atomic E-state index is 0.732. The van der Waals surface area contributed by atoms with E-state index in [9.17, 15) is 0 Å². The van der Waals surface area contributed by atoms with Gasteiger partial charge in [-0.3, -0.25) is 4.68 Å². The number of hydrogen-bond donors (Lipinski definition) is 2. The Labute approximate surface area is 98.3 Å². The predicted octanol–water partition coefficient (Wildman–Crippen LogP) is 1.85. The normalized spacial score (nSPS) is 11.2. The number of nitrogen functional groups attached to an aromatic ring is 1. The van der Waals surface area contributed by atoms with E-state index in [1.165, 1.54) is 0 Å². The standard InChI is InChI=1S/C12H13N5/c1-7-9(6-17(2)16-7)12-14-10-4-3-8(13)5-11(10)15-12/h3-6H,13H2,1-2H3,(H,14,15). The Morgan fingerprint density at radius 1 is 1.35 bits per heavy atom. The van der Waals surface area contributed by atoms with Crippen LogP contribution in [0.5, 0.6) is 0 Å². The number of nitrogens with one attached hydrogen (secondary N) is 1. The number of rotatable bonds is 1. The lowest BCUT2D eigenvalue weighted by atomic mass is 10.2. The Bertz CT molecular complexity index is 692. The summed E-state index contributed by atoms with van der Waals surface area (Å²) >= 11 is 0. The molecule has 0 saturated carbocycles. The fraction of sp³-hybridized carbons (Fsp3) is 0.167. The molecule has 17 heavy (non-hydrogen) atoms. The second kappa shape index (κ2) is 3.35. The Morgan fingerprint density at radius 3 is 2.88 bits per heavy atom. The third-order valence-electron chi connectivity index (χ3n) is 2.77. The molecule has 0 fully saturated rings. The highest BCUT2D eigenvalue weighted by Crippen LogP contribution is 2.23. The first-order valence-electron chi connectivity index (χ1n) is 5.39. The van der Waals surface area contributed by atoms with Crippen LogP contribution in [0.2, 0.25) is 0 Å². The summed E-state index contributed by atoms with van der Waals surface area (Å²) in [6.45, 7) is 1.97. The summed E-state index contributed by atoms with van der Waals surface area (Å²) in [5.74, 6) is 0.830. The second-order valence-electron chi connectivity index (χ2n) is 4.16. The van der Waals surface area contributed by atoms with Gasteiger partial charge in [0.15, 0.2) is 0 Å². The van der Waals surface area contributed by atoms with Crippen LogP contribution >= 0.6 is 0 Å². The molecule has 0 amide bonds. The number of aryl methyl sites for hydroxylation is 2. The monoisotopic (exact) mass is 227 g/mol. The summed E-state index contributed by atoms with van der Waals surface area (Å²) in [4.78, 5) is 7.80. The number of anilines is 1. The molecule has 3 aromatic rings. The summed E-state index contributed by atoms with van der Waals surface area (Å²) in [5, 5.41) is 4.31. The molecular weight excluding hydrogens is 214 g/mol. The van der Waals surface area contributed by atoms with Gasteiger partial charge in [-0.1, -0.05) is 0 Å². The van der Waals surface area contributed by atoms with Crippen molar-refractivity contribution in [1.29, 1.82) is 0 Å². The zero-order valence-corrected chi connectivity index (χ0v) is 9.73. The lowest BCUT2D eigenvalue weighted by Gasteiger charge is -1.90. The van der Waals surface area contributed by atoms with Gasteiger partial charge in [0.05, 0.1) is 22.3 Å². The molecule has 0 bridgehead atoms. The van der Waals surface area contributed by atoms with E-state index in [1.54, 1.807) is 4.68 Å². The molecule has 0 atom stereocenters. The predicted molar refractivity (Wildman–Crippen MR) is 67.4 cm³/mol. The van der Waals surface area contributed by atoms with Crippen molar-refractivity contribution in [3.63, 3.8) is 0 Å². The third kappa shape index (κ3) is 1.56. The maximum atomic E-state index is 5.74. The maximum Gasteiger partial charge on any atom is 0.141 e. The van der Waals surface area contributed by atoms with Crippen LogP contribution in [-0.2, 0) is 7.05 Å². The molecule has 2 heterocycles. The molecule has 0 aliphatic rings. The van der Waals surface area contributed by atoms with Gasteiger partial charge in [-0.25, -0.2) is 4.98 Å². The van der Waals surface area contributed by atoms with Crippen molar-refractivity contribution in [2.75, 3.05) is 5.73 Å². The van der Waals surface area contributed by atoms with Crippen molar-refractivity contribution >= 4 is 16.7 Å². The number of nitrogens with zero attached hydrogens (tertiary/aromatic N) is 3. The molecule has 0 aliphatic carbocycles. The van der Waals surface area contributed by atoms with Gasteiger partial charge in [-0.05, 0) is 25.1 Å². The van der Waals surface area contributed by atoms with Gasteiger partial charge in [-0.2, -0.15) is 5.10 Å². The van der Waals surface area contributed by atoms with Crippen molar-refractivity contribution in [2.24, 2.45) is 7.05 Å². The SMILES string of the molecule is Cc1nn(C)cc1-c1nc2ccc(N)cc2[nH]1. The van der Waals surface area contributed by atoms with E-state index < -0.39 is 0 Å². The first-order chi connectivity index (χ1) is 8.13. The van der Waals surface area contributed by atoms with Crippen LogP contribution in [0, 0.1) is 6.92 Å². The highest BCUT2D eigenvalue weighted by molar-refractivity contribution is 5.82. The van der Waals surface area contributed by atoms with Gasteiger partial charge in [0.1, 0.15) is 5.82 Å². The highest BCUT2D eigenvalue weighted by Gasteiger charge is 2.10. The topological polar surface area (TPSA) is 72.5 Å². The largest absolute Gasteiger partial charge is 0.399 e. The van der Waals surface area contributed by atoms with Crippen molar-refractivity contribution in [1.82, 2.24) is 19.7 Å². The summed E-state index contributed by atoms with van der Waals surface area (Å²) in [6.07, 6.45) is 1.95. The third-order valence-corrected chi connectivity index (χ3v) is 2.77. The number of aromatic amines is 1. The molecule has 0 aliphatic heterocycles. The molecule has 1 aromatic carbocycles. The number of fused-ring (bicyclic) bond motifs is 1. The number of benzene rings is 1. The van der Waals surface area contributed by atoms with Crippen molar-refractivity contribution in [3.8, 4) is 11.4 Å². The van der Waals surface area contributed by atoms with Gasteiger partial charge in [0, 0.05) is 18.9 Å². The van der Waals surface area contributed by atoms with Gasteiger partial charge >= 0.3 is 0 Å². The lowest BCUT2D eigenvalue weighted by Crippen LogP contribution is -1.86. The number of imidazole rings is 1. The first kappa shape index (κ1) is 9.89. The summed E-state index contributed by atoms with van der Waals surface area (Å²) in [5.41, 5.74) is 10.3. The number of hydrogen-bond acceptors (Lipinski definition) is 3. The van der Waals surface area contributed by atoms with E-state index >= 15 is 0 Å². The maximum absolute atomic E-state index is 5.74. The van der Waals surface area contributed by atoms with E-state index in [0.717, 1.165) is 33.8 Å². The smallest absolute Gasteiger partial charge is 0.141 e. The molecule has 3 rings (SSSR count). The summed E-state index contributed by atoms with van der Waals surface area (Å²) in [6, 6.07) is 5.65. The Morgan fingerprint density at radius 2 is 2.18 bits per heavy atom. The minimum Gasteiger partial charge on any atom is -0.399 e. The molecule has 0 spiro atoms. The Balaban J connectivity index is 2.21. The van der Waals surface area contributed by atoms with Crippen LogP contribution in [0.15, 0.2) is 24.4 Å². The van der Waals surface area contributed by atoms with Gasteiger partial charge < -0.3 is 10.7 Å². The molecule has 0 radical (unpaired) electrons. The van der Waals surface area contributed by atoms with Gasteiger partial charge in [0.2, 0.25) is 0 Å². The molecule has 0 unspecified atom stereocenters. The van der Waals surface area contributed by atoms with Gasteiger partial charge in [-0.15, -0.1) is 0 Å². The van der Waals surface area contributed by atoms with Crippen LogP contribution in [0.25, 0.3) is 22.4 Å². The molecule has 5 nitrogen and oxygen atoms in total. The summed E-state index contributed by atoms with van der Waals surface area (Å²) < 4.78 is 1.78. The number of nitrogens with two attached hydrogens (primary N) is 1. The first-order valence-corrected chi connectivity index (χ1v) is 5.39. The minimum atomic E-state index is 0.732.